The molecule has 0 aliphatic heterocycles. The maximum Gasteiger partial charge on any atom is 0.224 e. The van der Waals surface area contributed by atoms with E-state index in [-0.39, 0.29) is 5.91 Å². The Hall–Kier alpha value is -1.65. The second-order valence-electron chi connectivity index (χ2n) is 5.88. The fourth-order valence-electron chi connectivity index (χ4n) is 2.36. The summed E-state index contributed by atoms with van der Waals surface area (Å²) in [6, 6.07) is 15.8. The molecule has 1 amide bonds. The van der Waals surface area contributed by atoms with Crippen LogP contribution in [0.15, 0.2) is 53.4 Å². The molecule has 1 N–H and O–H groups in total. The highest BCUT2D eigenvalue weighted by Crippen LogP contribution is 2.28. The largest absolute Gasteiger partial charge is 0.497 e. The number of halogens is 1. The number of anilines is 1. The van der Waals surface area contributed by atoms with E-state index in [1.807, 2.05) is 24.3 Å². The third kappa shape index (κ3) is 7.00. The van der Waals surface area contributed by atoms with Crippen molar-refractivity contribution in [2.45, 2.75) is 36.3 Å². The van der Waals surface area contributed by atoms with Gasteiger partial charge in [0.25, 0.3) is 0 Å². The van der Waals surface area contributed by atoms with Crippen LogP contribution in [0.5, 0.6) is 5.75 Å². The minimum absolute atomic E-state index is 0.0267. The van der Waals surface area contributed by atoms with Crippen LogP contribution in [0.3, 0.4) is 0 Å². The van der Waals surface area contributed by atoms with Crippen LogP contribution in [0.2, 0.25) is 0 Å². The Labute approximate surface area is 159 Å². The van der Waals surface area contributed by atoms with Crippen molar-refractivity contribution in [3.8, 4) is 5.75 Å². The number of ether oxygens (including phenoxy) is 1. The summed E-state index contributed by atoms with van der Waals surface area (Å²) >= 11 is 7.87. The quantitative estimate of drug-likeness (QED) is 0.462. The van der Waals surface area contributed by atoms with Crippen LogP contribution in [0, 0.1) is 6.92 Å². The minimum atomic E-state index is 0.0267. The number of carbonyl (C=O) groups is 1. The molecule has 0 aromatic heterocycles. The molecule has 0 aliphatic rings. The highest BCUT2D eigenvalue weighted by Gasteiger charge is 2.11. The number of carbonyl (C=O) groups excluding carboxylic acids is 1. The molecule has 2 aromatic carbocycles. The monoisotopic (exact) mass is 377 g/mol. The predicted molar refractivity (Wildman–Crippen MR) is 107 cm³/mol. The summed E-state index contributed by atoms with van der Waals surface area (Å²) < 4.78 is 5.11. The fourth-order valence-corrected chi connectivity index (χ4v) is 3.73. The molecule has 134 valence electrons. The Morgan fingerprint density at radius 3 is 2.44 bits per heavy atom. The summed E-state index contributed by atoms with van der Waals surface area (Å²) in [6.07, 6.45) is 2.23. The number of nitrogens with one attached hydrogen (secondary N) is 1. The summed E-state index contributed by atoms with van der Waals surface area (Å²) in [6.45, 7) is 2.08. The van der Waals surface area contributed by atoms with E-state index in [0.29, 0.717) is 17.6 Å². The van der Waals surface area contributed by atoms with E-state index in [1.54, 1.807) is 18.9 Å². The van der Waals surface area contributed by atoms with Gasteiger partial charge in [-0.15, -0.1) is 23.4 Å². The third-order valence-electron chi connectivity index (χ3n) is 3.80. The highest BCUT2D eigenvalue weighted by molar-refractivity contribution is 8.00. The zero-order valence-electron chi connectivity index (χ0n) is 14.6. The predicted octanol–water partition coefficient (Wildman–Crippen LogP) is 5.51. The first kappa shape index (κ1) is 19.7. The zero-order valence-corrected chi connectivity index (χ0v) is 16.2. The molecular formula is C20H24ClNO2S. The summed E-state index contributed by atoms with van der Waals surface area (Å²) in [4.78, 5) is 13.3. The second-order valence-corrected chi connectivity index (χ2v) is 7.56. The first-order valence-electron chi connectivity index (χ1n) is 8.34. The number of hydrogen-bond donors (Lipinski definition) is 1. The van der Waals surface area contributed by atoms with E-state index in [9.17, 15) is 4.79 Å². The van der Waals surface area contributed by atoms with Crippen molar-refractivity contribution in [1.82, 2.24) is 0 Å². The Morgan fingerprint density at radius 2 is 1.84 bits per heavy atom. The fraction of sp³-hybridized carbons (Fsp3) is 0.350. The molecule has 1 unspecified atom stereocenters. The number of aryl methyl sites for hydroxylation is 1. The molecule has 5 heteroatoms. The molecule has 2 aromatic rings. The molecule has 0 saturated heterocycles. The molecule has 0 bridgehead atoms. The van der Waals surface area contributed by atoms with Crippen molar-refractivity contribution in [3.63, 3.8) is 0 Å². The van der Waals surface area contributed by atoms with Crippen LogP contribution in [0.1, 0.15) is 24.8 Å². The van der Waals surface area contributed by atoms with Crippen molar-refractivity contribution < 1.29 is 9.53 Å². The van der Waals surface area contributed by atoms with Gasteiger partial charge in [-0.25, -0.2) is 0 Å². The maximum absolute atomic E-state index is 12.1. The van der Waals surface area contributed by atoms with Gasteiger partial charge in [-0.05, 0) is 56.2 Å². The molecule has 0 radical (unpaired) electrons. The van der Waals surface area contributed by atoms with E-state index in [1.165, 1.54) is 10.5 Å². The Balaban J connectivity index is 1.73. The van der Waals surface area contributed by atoms with Gasteiger partial charge in [0.2, 0.25) is 5.91 Å². The molecule has 1 atom stereocenters. The standard InChI is InChI=1S/C20H24ClNO2S/c1-15-6-12-18(13-7-15)25-19(14-21)4-3-5-20(23)22-16-8-10-17(24-2)11-9-16/h6-13,19H,3-5,14H2,1-2H3,(H,22,23). The van der Waals surface area contributed by atoms with Gasteiger partial charge in [0.05, 0.1) is 7.11 Å². The van der Waals surface area contributed by atoms with E-state index < -0.39 is 0 Å². The zero-order chi connectivity index (χ0) is 18.1. The van der Waals surface area contributed by atoms with Gasteiger partial charge in [0.15, 0.2) is 0 Å². The summed E-state index contributed by atoms with van der Waals surface area (Å²) in [7, 11) is 1.62. The topological polar surface area (TPSA) is 38.3 Å². The van der Waals surface area contributed by atoms with Crippen LogP contribution in [-0.4, -0.2) is 24.1 Å². The lowest BCUT2D eigenvalue weighted by atomic mass is 10.2. The van der Waals surface area contributed by atoms with Crippen molar-refractivity contribution in [2.24, 2.45) is 0 Å². The van der Waals surface area contributed by atoms with Gasteiger partial charge >= 0.3 is 0 Å². The van der Waals surface area contributed by atoms with Crippen molar-refractivity contribution in [1.29, 1.82) is 0 Å². The van der Waals surface area contributed by atoms with E-state index >= 15 is 0 Å². The molecule has 3 nitrogen and oxygen atoms in total. The summed E-state index contributed by atoms with van der Waals surface area (Å²) in [5.74, 6) is 1.38. The number of benzene rings is 2. The van der Waals surface area contributed by atoms with Crippen LogP contribution >= 0.6 is 23.4 Å². The average Bonchev–Trinajstić information content (AvgIpc) is 2.63. The molecule has 0 saturated carbocycles. The van der Waals surface area contributed by atoms with Crippen LogP contribution in [-0.2, 0) is 4.79 Å². The lowest BCUT2D eigenvalue weighted by molar-refractivity contribution is -0.116. The van der Waals surface area contributed by atoms with Crippen molar-refractivity contribution in [2.75, 3.05) is 18.3 Å². The average molecular weight is 378 g/mol. The van der Waals surface area contributed by atoms with Gasteiger partial charge < -0.3 is 10.1 Å². The van der Waals surface area contributed by atoms with Gasteiger partial charge in [0.1, 0.15) is 5.75 Å². The molecule has 0 fully saturated rings. The molecule has 0 aliphatic carbocycles. The van der Waals surface area contributed by atoms with E-state index in [4.69, 9.17) is 16.3 Å². The van der Waals surface area contributed by atoms with Crippen LogP contribution < -0.4 is 10.1 Å². The third-order valence-corrected chi connectivity index (χ3v) is 5.64. The molecule has 0 spiro atoms. The van der Waals surface area contributed by atoms with E-state index in [2.05, 4.69) is 36.5 Å². The van der Waals surface area contributed by atoms with Gasteiger partial charge in [0, 0.05) is 28.1 Å². The first-order chi connectivity index (χ1) is 12.1. The van der Waals surface area contributed by atoms with Crippen molar-refractivity contribution >= 4 is 35.0 Å². The summed E-state index contributed by atoms with van der Waals surface area (Å²) in [5.41, 5.74) is 2.04. The molecule has 0 heterocycles. The number of thioether (sulfide) groups is 1. The number of hydrogen-bond acceptors (Lipinski definition) is 3. The number of rotatable bonds is 9. The number of amides is 1. The minimum Gasteiger partial charge on any atom is -0.497 e. The van der Waals surface area contributed by atoms with Crippen LogP contribution in [0.25, 0.3) is 0 Å². The Morgan fingerprint density at radius 1 is 1.16 bits per heavy atom. The van der Waals surface area contributed by atoms with Crippen molar-refractivity contribution in [3.05, 3.63) is 54.1 Å². The smallest absolute Gasteiger partial charge is 0.224 e. The highest BCUT2D eigenvalue weighted by atomic mass is 35.5. The second kappa shape index (κ2) is 10.4. The van der Waals surface area contributed by atoms with Gasteiger partial charge in [-0.2, -0.15) is 0 Å². The molecular weight excluding hydrogens is 354 g/mol. The number of methoxy groups -OCH3 is 1. The lowest BCUT2D eigenvalue weighted by Crippen LogP contribution is -2.13. The number of alkyl halides is 1. The Bertz CT molecular complexity index is 658. The first-order valence-corrected chi connectivity index (χ1v) is 9.75. The lowest BCUT2D eigenvalue weighted by Gasteiger charge is -2.13. The SMILES string of the molecule is COc1ccc(NC(=O)CCCC(CCl)Sc2ccc(C)cc2)cc1. The molecule has 2 rings (SSSR count). The Kier molecular flexibility index (Phi) is 8.16. The normalized spacial score (nSPS) is 11.8. The van der Waals surface area contributed by atoms with Crippen LogP contribution in [0.4, 0.5) is 5.69 Å². The van der Waals surface area contributed by atoms with Gasteiger partial charge in [-0.3, -0.25) is 4.79 Å². The van der Waals surface area contributed by atoms with E-state index in [0.717, 1.165) is 24.3 Å². The maximum atomic E-state index is 12.1. The summed E-state index contributed by atoms with van der Waals surface area (Å²) in [5, 5.41) is 3.22. The molecule has 25 heavy (non-hydrogen) atoms. The van der Waals surface area contributed by atoms with Gasteiger partial charge in [-0.1, -0.05) is 17.7 Å².